The van der Waals surface area contributed by atoms with Gasteiger partial charge in [0.25, 0.3) is 11.5 Å². The van der Waals surface area contributed by atoms with E-state index in [0.29, 0.717) is 25.6 Å². The van der Waals surface area contributed by atoms with Crippen molar-refractivity contribution >= 4 is 5.91 Å². The summed E-state index contributed by atoms with van der Waals surface area (Å²) in [6, 6.07) is 9.65. The maximum absolute atomic E-state index is 13.0. The first-order valence-corrected chi connectivity index (χ1v) is 9.94. The minimum Gasteiger partial charge on any atom is -0.467 e. The normalized spacial score (nSPS) is 20.0. The van der Waals surface area contributed by atoms with Gasteiger partial charge in [-0.25, -0.2) is 4.68 Å². The summed E-state index contributed by atoms with van der Waals surface area (Å²) in [6.45, 7) is 1.72. The van der Waals surface area contributed by atoms with Crippen LogP contribution in [0.4, 0.5) is 0 Å². The van der Waals surface area contributed by atoms with Crippen molar-refractivity contribution in [2.75, 3.05) is 20.2 Å². The molecule has 30 heavy (non-hydrogen) atoms. The smallest absolute Gasteiger partial charge is 0.314 e. The van der Waals surface area contributed by atoms with Crippen LogP contribution in [0, 0.1) is 5.92 Å². The fourth-order valence-corrected chi connectivity index (χ4v) is 4.59. The lowest BCUT2D eigenvalue weighted by molar-refractivity contribution is 0.0582. The molecule has 3 aromatic rings. The maximum atomic E-state index is 13.0. The maximum Gasteiger partial charge on any atom is 0.314 e. The lowest BCUT2D eigenvalue weighted by atomic mass is 9.82. The van der Waals surface area contributed by atoms with E-state index in [9.17, 15) is 9.59 Å². The molecule has 3 aromatic heterocycles. The van der Waals surface area contributed by atoms with Crippen LogP contribution in [0.2, 0.25) is 0 Å². The Bertz CT molecular complexity index is 1170. The van der Waals surface area contributed by atoms with Crippen LogP contribution in [0.5, 0.6) is 6.01 Å². The molecular formula is C21H22N6O3. The van der Waals surface area contributed by atoms with Gasteiger partial charge in [-0.15, -0.1) is 5.10 Å². The molecule has 2 bridgehead atoms. The number of ether oxygens (including phenoxy) is 1. The number of rotatable bonds is 3. The van der Waals surface area contributed by atoms with Crippen LogP contribution in [0.15, 0.2) is 41.3 Å². The molecule has 0 aliphatic carbocycles. The highest BCUT2D eigenvalue weighted by atomic mass is 16.5. The molecule has 1 saturated heterocycles. The molecule has 5 heterocycles. The number of aryl methyl sites for hydroxylation is 1. The van der Waals surface area contributed by atoms with Crippen molar-refractivity contribution in [1.29, 1.82) is 0 Å². The van der Waals surface area contributed by atoms with Crippen LogP contribution in [0.25, 0.3) is 11.3 Å². The summed E-state index contributed by atoms with van der Waals surface area (Å²) in [5, 5.41) is 4.19. The zero-order valence-corrected chi connectivity index (χ0v) is 16.9. The number of aromatic nitrogens is 5. The number of pyridine rings is 2. The van der Waals surface area contributed by atoms with E-state index in [1.54, 1.807) is 24.2 Å². The van der Waals surface area contributed by atoms with Gasteiger partial charge in [-0.3, -0.25) is 14.6 Å². The van der Waals surface area contributed by atoms with E-state index in [4.69, 9.17) is 4.74 Å². The Kier molecular flexibility index (Phi) is 4.38. The third-order valence-corrected chi connectivity index (χ3v) is 5.90. The summed E-state index contributed by atoms with van der Waals surface area (Å²) >= 11 is 0. The number of fused-ring (bicyclic) bond motifs is 4. The Morgan fingerprint density at radius 1 is 1.20 bits per heavy atom. The summed E-state index contributed by atoms with van der Waals surface area (Å²) in [7, 11) is 3.19. The Morgan fingerprint density at radius 3 is 2.80 bits per heavy atom. The summed E-state index contributed by atoms with van der Waals surface area (Å²) in [4.78, 5) is 36.2. The first kappa shape index (κ1) is 18.5. The van der Waals surface area contributed by atoms with Gasteiger partial charge in [0, 0.05) is 56.1 Å². The van der Waals surface area contributed by atoms with E-state index in [-0.39, 0.29) is 29.1 Å². The lowest BCUT2D eigenvalue weighted by Gasteiger charge is -2.42. The lowest BCUT2D eigenvalue weighted by Crippen LogP contribution is -2.49. The Morgan fingerprint density at radius 2 is 2.07 bits per heavy atom. The zero-order valence-electron chi connectivity index (χ0n) is 16.9. The molecular weight excluding hydrogens is 384 g/mol. The van der Waals surface area contributed by atoms with Crippen LogP contribution in [-0.4, -0.2) is 55.3 Å². The first-order chi connectivity index (χ1) is 14.5. The molecule has 154 valence electrons. The number of hydrogen-bond acceptors (Lipinski definition) is 6. The van der Waals surface area contributed by atoms with Crippen LogP contribution in [0.1, 0.15) is 28.7 Å². The fourth-order valence-electron chi connectivity index (χ4n) is 4.59. The highest BCUT2D eigenvalue weighted by Crippen LogP contribution is 2.36. The standard InChI is InChI=1S/C21H22N6O3/c1-25-21(30-2)23-19(24-25)20(29)26-10-13-7-15(12-26)17-8-14(9-18(28)27(17)11-13)16-5-3-4-6-22-16/h3-6,8-9,13,15H,7,10-12H2,1-2H3/t13-,15+/m0/s1. The Hall–Kier alpha value is -3.49. The fraction of sp³-hybridized carbons (Fsp3) is 0.381. The minimum atomic E-state index is -0.208. The SMILES string of the molecule is COc1nc(C(=O)N2C[C@@H]3C[C@H](C2)c2cc(-c4ccccn4)cc(=O)n2C3)nn1C. The zero-order chi connectivity index (χ0) is 20.8. The molecule has 1 amide bonds. The van der Waals surface area contributed by atoms with Gasteiger partial charge in [0.05, 0.1) is 12.8 Å². The van der Waals surface area contributed by atoms with E-state index >= 15 is 0 Å². The van der Waals surface area contributed by atoms with Crippen molar-refractivity contribution in [1.82, 2.24) is 29.2 Å². The van der Waals surface area contributed by atoms with Crippen LogP contribution in [-0.2, 0) is 13.6 Å². The third kappa shape index (κ3) is 3.06. The van der Waals surface area contributed by atoms with E-state index in [1.165, 1.54) is 11.8 Å². The molecule has 5 rings (SSSR count). The Balaban J connectivity index is 1.47. The van der Waals surface area contributed by atoms with Crippen LogP contribution < -0.4 is 10.3 Å². The van der Waals surface area contributed by atoms with Gasteiger partial charge in [0.15, 0.2) is 0 Å². The summed E-state index contributed by atoms with van der Waals surface area (Å²) < 4.78 is 8.43. The number of carbonyl (C=O) groups is 1. The van der Waals surface area contributed by atoms with Gasteiger partial charge in [-0.2, -0.15) is 4.98 Å². The molecule has 1 fully saturated rings. The molecule has 0 unspecified atom stereocenters. The number of amides is 1. The second-order valence-corrected chi connectivity index (χ2v) is 7.89. The predicted molar refractivity (Wildman–Crippen MR) is 108 cm³/mol. The molecule has 0 saturated carbocycles. The molecule has 0 N–H and O–H groups in total. The molecule has 9 nitrogen and oxygen atoms in total. The predicted octanol–water partition coefficient (Wildman–Crippen LogP) is 1.31. The highest BCUT2D eigenvalue weighted by molar-refractivity contribution is 5.90. The van der Waals surface area contributed by atoms with Crippen LogP contribution >= 0.6 is 0 Å². The quantitative estimate of drug-likeness (QED) is 0.651. The number of carbonyl (C=O) groups excluding carboxylic acids is 1. The van der Waals surface area contributed by atoms with Crippen molar-refractivity contribution in [3.63, 3.8) is 0 Å². The second kappa shape index (κ2) is 7.08. The number of nitrogens with zero attached hydrogens (tertiary/aromatic N) is 6. The van der Waals surface area contributed by atoms with Crippen molar-refractivity contribution in [3.8, 4) is 17.3 Å². The molecule has 0 aromatic carbocycles. The first-order valence-electron chi connectivity index (χ1n) is 9.94. The van der Waals surface area contributed by atoms with Gasteiger partial charge in [0.2, 0.25) is 5.82 Å². The van der Waals surface area contributed by atoms with Crippen molar-refractivity contribution < 1.29 is 9.53 Å². The topological polar surface area (TPSA) is 95.1 Å². The summed E-state index contributed by atoms with van der Waals surface area (Å²) in [5.41, 5.74) is 2.53. The number of methoxy groups -OCH3 is 1. The van der Waals surface area contributed by atoms with E-state index in [2.05, 4.69) is 15.1 Å². The molecule has 2 aliphatic heterocycles. The van der Waals surface area contributed by atoms with Crippen LogP contribution in [0.3, 0.4) is 0 Å². The minimum absolute atomic E-state index is 0.0150. The highest BCUT2D eigenvalue weighted by Gasteiger charge is 2.38. The molecule has 2 aliphatic rings. The van der Waals surface area contributed by atoms with E-state index in [1.807, 2.05) is 28.8 Å². The number of hydrogen-bond donors (Lipinski definition) is 0. The molecule has 0 spiro atoms. The molecule has 2 atom stereocenters. The summed E-state index contributed by atoms with van der Waals surface area (Å²) in [5.74, 6) is 0.238. The second-order valence-electron chi connectivity index (χ2n) is 7.89. The van der Waals surface area contributed by atoms with Gasteiger partial charge < -0.3 is 14.2 Å². The molecule has 9 heteroatoms. The number of piperidine rings is 1. The van der Waals surface area contributed by atoms with E-state index < -0.39 is 0 Å². The summed E-state index contributed by atoms with van der Waals surface area (Å²) in [6.07, 6.45) is 2.67. The van der Waals surface area contributed by atoms with Gasteiger partial charge in [0.1, 0.15) is 0 Å². The third-order valence-electron chi connectivity index (χ3n) is 5.90. The van der Waals surface area contributed by atoms with Gasteiger partial charge in [-0.05, 0) is 30.5 Å². The largest absolute Gasteiger partial charge is 0.467 e. The van der Waals surface area contributed by atoms with Crippen molar-refractivity contribution in [3.05, 3.63) is 58.4 Å². The van der Waals surface area contributed by atoms with Crippen molar-refractivity contribution in [2.24, 2.45) is 13.0 Å². The molecule has 0 radical (unpaired) electrons. The average Bonchev–Trinajstić information content (AvgIpc) is 3.15. The van der Waals surface area contributed by atoms with E-state index in [0.717, 1.165) is 23.4 Å². The Labute approximate surface area is 172 Å². The average molecular weight is 406 g/mol. The van der Waals surface area contributed by atoms with Crippen molar-refractivity contribution in [2.45, 2.75) is 18.9 Å². The number of likely N-dealkylation sites (tertiary alicyclic amines) is 1. The van der Waals surface area contributed by atoms with Gasteiger partial charge in [-0.1, -0.05) is 6.07 Å². The van der Waals surface area contributed by atoms with Gasteiger partial charge >= 0.3 is 6.01 Å². The monoisotopic (exact) mass is 406 g/mol.